The Morgan fingerprint density at radius 2 is 1.79 bits per heavy atom. The summed E-state index contributed by atoms with van der Waals surface area (Å²) in [5.74, 6) is 1.42. The third kappa shape index (κ3) is 4.95. The number of hydrogen-bond acceptors (Lipinski definition) is 8. The smallest absolute Gasteiger partial charge is 0.263 e. The molecule has 38 heavy (non-hydrogen) atoms. The van der Waals surface area contributed by atoms with Crippen LogP contribution in [-0.2, 0) is 17.1 Å². The molecule has 3 aromatic carbocycles. The van der Waals surface area contributed by atoms with E-state index in [-0.39, 0.29) is 21.3 Å². The summed E-state index contributed by atoms with van der Waals surface area (Å²) in [4.78, 5) is 3.87. The van der Waals surface area contributed by atoms with E-state index in [1.165, 1.54) is 24.4 Å². The van der Waals surface area contributed by atoms with E-state index in [4.69, 9.17) is 9.47 Å². The maximum Gasteiger partial charge on any atom is 0.263 e. The van der Waals surface area contributed by atoms with E-state index in [9.17, 15) is 13.7 Å². The summed E-state index contributed by atoms with van der Waals surface area (Å²) in [6, 6.07) is 21.4. The fourth-order valence-electron chi connectivity index (χ4n) is 3.93. The van der Waals surface area contributed by atoms with Crippen LogP contribution in [0.2, 0.25) is 0 Å². The van der Waals surface area contributed by atoms with E-state index in [0.717, 1.165) is 39.5 Å². The van der Waals surface area contributed by atoms with Crippen molar-refractivity contribution in [3.63, 3.8) is 0 Å². The first-order chi connectivity index (χ1) is 18.4. The van der Waals surface area contributed by atoms with Gasteiger partial charge in [0.1, 0.15) is 23.3 Å². The van der Waals surface area contributed by atoms with E-state index < -0.39 is 10.0 Å². The zero-order chi connectivity index (χ0) is 26.7. The molecule has 0 atom stereocenters. The Morgan fingerprint density at radius 1 is 0.974 bits per heavy atom. The van der Waals surface area contributed by atoms with Crippen LogP contribution >= 0.6 is 11.3 Å². The fraction of sp³-hybridized carbons (Fsp3) is 0.0741. The normalized spacial score (nSPS) is 11.1. The highest BCUT2D eigenvalue weighted by Crippen LogP contribution is 2.39. The van der Waals surface area contributed by atoms with Crippen molar-refractivity contribution in [3.05, 3.63) is 90.1 Å². The summed E-state index contributed by atoms with van der Waals surface area (Å²) >= 11 is 1.16. The van der Waals surface area contributed by atoms with Gasteiger partial charge in [-0.1, -0.05) is 24.3 Å². The Bertz CT molecular complexity index is 1760. The van der Waals surface area contributed by atoms with Crippen molar-refractivity contribution in [3.8, 4) is 45.7 Å². The number of benzene rings is 3. The van der Waals surface area contributed by atoms with Crippen LogP contribution in [0.3, 0.4) is 0 Å². The largest absolute Gasteiger partial charge is 0.496 e. The number of ether oxygens (including phenoxy) is 2. The zero-order valence-electron chi connectivity index (χ0n) is 20.3. The molecule has 9 nitrogen and oxygen atoms in total. The maximum atomic E-state index is 12.8. The molecule has 0 unspecified atom stereocenters. The number of para-hydroxylation sites is 1. The standard InChI is InChI=1S/C27H21N5O4S2/c1-32-23(11-12-30-32)22-16-18(21-5-3-4-6-25(21)35-2)7-9-26(22)36-24-10-8-20(15-19(24)17-28)38(33,34)31-27-29-13-14-37-27/h3-16H,1-2H3,(H,29,31). The summed E-state index contributed by atoms with van der Waals surface area (Å²) in [5.41, 5.74) is 3.41. The molecule has 0 aliphatic rings. The van der Waals surface area contributed by atoms with Crippen molar-refractivity contribution in [2.45, 2.75) is 4.90 Å². The predicted molar refractivity (Wildman–Crippen MR) is 145 cm³/mol. The van der Waals surface area contributed by atoms with Gasteiger partial charge in [0.2, 0.25) is 0 Å². The Balaban J connectivity index is 1.54. The van der Waals surface area contributed by atoms with Gasteiger partial charge in [0, 0.05) is 35.9 Å². The molecule has 190 valence electrons. The Hall–Kier alpha value is -4.66. The van der Waals surface area contributed by atoms with Crippen LogP contribution in [0.25, 0.3) is 22.4 Å². The number of aromatic nitrogens is 3. The minimum atomic E-state index is -3.93. The average molecular weight is 544 g/mol. The topological polar surface area (TPSA) is 119 Å². The lowest BCUT2D eigenvalue weighted by Gasteiger charge is -2.16. The van der Waals surface area contributed by atoms with Crippen molar-refractivity contribution in [1.29, 1.82) is 5.26 Å². The number of rotatable bonds is 8. The molecule has 0 fully saturated rings. The third-order valence-electron chi connectivity index (χ3n) is 5.75. The monoisotopic (exact) mass is 543 g/mol. The molecule has 0 spiro atoms. The van der Waals surface area contributed by atoms with Gasteiger partial charge >= 0.3 is 0 Å². The van der Waals surface area contributed by atoms with Crippen molar-refractivity contribution in [1.82, 2.24) is 14.8 Å². The van der Waals surface area contributed by atoms with Gasteiger partial charge in [-0.25, -0.2) is 13.4 Å². The highest BCUT2D eigenvalue weighted by atomic mass is 32.2. The molecular weight excluding hydrogens is 522 g/mol. The summed E-state index contributed by atoms with van der Waals surface area (Å²) in [6.07, 6.45) is 3.18. The van der Waals surface area contributed by atoms with Crippen molar-refractivity contribution in [2.75, 3.05) is 11.8 Å². The van der Waals surface area contributed by atoms with Gasteiger partial charge in [0.15, 0.2) is 5.13 Å². The van der Waals surface area contributed by atoms with Crippen LogP contribution in [0.15, 0.2) is 89.4 Å². The lowest BCUT2D eigenvalue weighted by atomic mass is 10.00. The SMILES string of the molecule is COc1ccccc1-c1ccc(Oc2ccc(S(=O)(=O)Nc3nccs3)cc2C#N)c(-c2ccnn2C)c1. The van der Waals surface area contributed by atoms with Gasteiger partial charge in [-0.05, 0) is 48.0 Å². The number of nitrogens with zero attached hydrogens (tertiary/aromatic N) is 4. The van der Waals surface area contributed by atoms with E-state index in [1.807, 2.05) is 55.6 Å². The van der Waals surface area contributed by atoms with Gasteiger partial charge in [0.25, 0.3) is 10.0 Å². The first-order valence-corrected chi connectivity index (χ1v) is 13.7. The molecule has 2 aromatic heterocycles. The number of sulfonamides is 1. The van der Waals surface area contributed by atoms with Crippen LogP contribution in [0.1, 0.15) is 5.56 Å². The van der Waals surface area contributed by atoms with Crippen LogP contribution in [0.5, 0.6) is 17.2 Å². The van der Waals surface area contributed by atoms with Gasteiger partial charge in [0.05, 0.1) is 23.3 Å². The van der Waals surface area contributed by atoms with E-state index in [2.05, 4.69) is 14.8 Å². The van der Waals surface area contributed by atoms with E-state index in [0.29, 0.717) is 5.75 Å². The first kappa shape index (κ1) is 25.0. The van der Waals surface area contributed by atoms with Crippen LogP contribution < -0.4 is 14.2 Å². The third-order valence-corrected chi connectivity index (χ3v) is 7.90. The molecule has 0 aliphatic heterocycles. The van der Waals surface area contributed by atoms with Gasteiger partial charge < -0.3 is 9.47 Å². The number of anilines is 1. The molecular formula is C27H21N5O4S2. The minimum absolute atomic E-state index is 0.0665. The molecule has 0 bridgehead atoms. The summed E-state index contributed by atoms with van der Waals surface area (Å²) in [6.45, 7) is 0. The van der Waals surface area contributed by atoms with Crippen molar-refractivity contribution in [2.24, 2.45) is 7.05 Å². The molecule has 0 saturated heterocycles. The summed E-state index contributed by atoms with van der Waals surface area (Å²) in [7, 11) is -0.483. The second-order valence-corrected chi connectivity index (χ2v) is 10.6. The Morgan fingerprint density at radius 3 is 2.50 bits per heavy atom. The number of nitrogens with one attached hydrogen (secondary N) is 1. The lowest BCUT2D eigenvalue weighted by molar-refractivity contribution is 0.416. The summed E-state index contributed by atoms with van der Waals surface area (Å²) in [5, 5.41) is 16.0. The van der Waals surface area contributed by atoms with Gasteiger partial charge in [-0.15, -0.1) is 11.3 Å². The molecule has 0 saturated carbocycles. The maximum absolute atomic E-state index is 12.8. The van der Waals surface area contributed by atoms with Crippen LogP contribution in [0.4, 0.5) is 5.13 Å². The Kier molecular flexibility index (Phi) is 6.83. The molecule has 0 amide bonds. The number of nitriles is 1. The Labute approximate surface area is 223 Å². The predicted octanol–water partition coefficient (Wildman–Crippen LogP) is 5.68. The number of hydrogen-bond donors (Lipinski definition) is 1. The molecule has 2 heterocycles. The van der Waals surface area contributed by atoms with Crippen LogP contribution in [-0.4, -0.2) is 30.3 Å². The van der Waals surface area contributed by atoms with Gasteiger partial charge in [-0.3, -0.25) is 9.40 Å². The highest BCUT2D eigenvalue weighted by Gasteiger charge is 2.20. The van der Waals surface area contributed by atoms with Crippen LogP contribution in [0, 0.1) is 11.3 Å². The second-order valence-electron chi connectivity index (χ2n) is 8.07. The minimum Gasteiger partial charge on any atom is -0.496 e. The number of aryl methyl sites for hydroxylation is 1. The number of methoxy groups -OCH3 is 1. The molecule has 5 rings (SSSR count). The summed E-state index contributed by atoms with van der Waals surface area (Å²) < 4.78 is 41.5. The average Bonchev–Trinajstić information content (AvgIpc) is 3.60. The first-order valence-electron chi connectivity index (χ1n) is 11.3. The second kappa shape index (κ2) is 10.4. The van der Waals surface area contributed by atoms with E-state index in [1.54, 1.807) is 29.4 Å². The van der Waals surface area contributed by atoms with E-state index >= 15 is 0 Å². The lowest BCUT2D eigenvalue weighted by Crippen LogP contribution is -2.13. The molecule has 1 N–H and O–H groups in total. The quantitative estimate of drug-likeness (QED) is 0.267. The molecule has 0 radical (unpaired) electrons. The fourth-order valence-corrected chi connectivity index (χ4v) is 5.74. The van der Waals surface area contributed by atoms with Crippen molar-refractivity contribution >= 4 is 26.5 Å². The highest BCUT2D eigenvalue weighted by molar-refractivity contribution is 7.93. The van der Waals surface area contributed by atoms with Gasteiger partial charge in [-0.2, -0.15) is 10.4 Å². The molecule has 0 aliphatic carbocycles. The molecule has 5 aromatic rings. The zero-order valence-corrected chi connectivity index (χ0v) is 22.0. The van der Waals surface area contributed by atoms with Crippen molar-refractivity contribution < 1.29 is 17.9 Å². The number of thiazole rings is 1. The molecule has 11 heteroatoms.